The van der Waals surface area contributed by atoms with Crippen LogP contribution in [0.3, 0.4) is 0 Å². The Labute approximate surface area is 96.8 Å². The fraction of sp³-hybridized carbons (Fsp3) is 0. The number of pyridine rings is 1. The molecule has 1 N–H and O–H groups in total. The van der Waals surface area contributed by atoms with Crippen LogP contribution in [-0.2, 0) is 0 Å². The van der Waals surface area contributed by atoms with Gasteiger partial charge in [0.25, 0.3) is 0 Å². The second kappa shape index (κ2) is 4.09. The van der Waals surface area contributed by atoms with Crippen molar-refractivity contribution in [1.82, 2.24) is 24.9 Å². The smallest absolute Gasteiger partial charge is 0.183 e. The molecule has 0 bridgehead atoms. The third kappa shape index (κ3) is 1.87. The first-order chi connectivity index (χ1) is 8.43. The van der Waals surface area contributed by atoms with Crippen molar-refractivity contribution >= 4 is 22.7 Å². The van der Waals surface area contributed by atoms with Crippen molar-refractivity contribution < 1.29 is 0 Å². The zero-order valence-electron chi connectivity index (χ0n) is 8.78. The van der Waals surface area contributed by atoms with Gasteiger partial charge in [-0.15, -0.1) is 0 Å². The van der Waals surface area contributed by atoms with E-state index in [0.717, 1.165) is 5.69 Å². The average molecular weight is 224 g/mol. The second-order valence-corrected chi connectivity index (χ2v) is 3.31. The molecule has 0 spiro atoms. The highest BCUT2D eigenvalue weighted by molar-refractivity contribution is 5.83. The highest BCUT2D eigenvalue weighted by atomic mass is 15.1. The predicted molar refractivity (Wildman–Crippen MR) is 62.6 cm³/mol. The summed E-state index contributed by atoms with van der Waals surface area (Å²) in [5.74, 6) is 0.634. The summed E-state index contributed by atoms with van der Waals surface area (Å²) in [6.45, 7) is 0. The maximum absolute atomic E-state index is 4.21. The van der Waals surface area contributed by atoms with Gasteiger partial charge >= 0.3 is 0 Å². The fourth-order valence-electron chi connectivity index (χ4n) is 1.46. The van der Waals surface area contributed by atoms with E-state index in [1.165, 1.54) is 6.33 Å². The standard InChI is InChI=1S/C11H8N6/c1-3-12-4-2-8(1)17-11-9-10(15-7-16-11)14-6-5-13-9/h1-7H,(H,12,14,15,16,17). The number of aromatic nitrogens is 5. The van der Waals surface area contributed by atoms with Gasteiger partial charge in [0.2, 0.25) is 0 Å². The first-order valence-electron chi connectivity index (χ1n) is 5.02. The third-order valence-electron chi connectivity index (χ3n) is 2.21. The largest absolute Gasteiger partial charge is 0.338 e. The van der Waals surface area contributed by atoms with E-state index in [4.69, 9.17) is 0 Å². The van der Waals surface area contributed by atoms with E-state index in [-0.39, 0.29) is 0 Å². The van der Waals surface area contributed by atoms with Crippen LogP contribution in [0.15, 0.2) is 43.2 Å². The number of nitrogens with zero attached hydrogens (tertiary/aromatic N) is 5. The molecule has 0 unspecified atom stereocenters. The topological polar surface area (TPSA) is 76.5 Å². The van der Waals surface area contributed by atoms with Gasteiger partial charge in [-0.1, -0.05) is 0 Å². The molecular weight excluding hydrogens is 216 g/mol. The minimum atomic E-state index is 0.569. The van der Waals surface area contributed by atoms with Crippen molar-refractivity contribution in [3.8, 4) is 0 Å². The molecule has 82 valence electrons. The van der Waals surface area contributed by atoms with E-state index in [2.05, 4.69) is 30.2 Å². The summed E-state index contributed by atoms with van der Waals surface area (Å²) >= 11 is 0. The van der Waals surface area contributed by atoms with E-state index in [1.54, 1.807) is 24.8 Å². The molecule has 0 aliphatic carbocycles. The molecule has 3 aromatic heterocycles. The van der Waals surface area contributed by atoms with Gasteiger partial charge in [0.1, 0.15) is 6.33 Å². The Hall–Kier alpha value is -2.63. The number of fused-ring (bicyclic) bond motifs is 1. The Morgan fingerprint density at radius 1 is 0.824 bits per heavy atom. The SMILES string of the molecule is c1cc(Nc2ncnc3nccnc23)ccn1. The number of anilines is 2. The molecule has 0 aliphatic rings. The van der Waals surface area contributed by atoms with Crippen LogP contribution < -0.4 is 5.32 Å². The zero-order chi connectivity index (χ0) is 11.5. The van der Waals surface area contributed by atoms with Gasteiger partial charge in [-0.3, -0.25) is 4.98 Å². The molecule has 0 radical (unpaired) electrons. The first kappa shape index (κ1) is 9.59. The molecule has 0 saturated carbocycles. The molecule has 0 aromatic carbocycles. The molecule has 3 rings (SSSR count). The zero-order valence-corrected chi connectivity index (χ0v) is 8.78. The molecule has 0 fully saturated rings. The maximum Gasteiger partial charge on any atom is 0.183 e. The van der Waals surface area contributed by atoms with Gasteiger partial charge in [0, 0.05) is 30.5 Å². The van der Waals surface area contributed by atoms with Crippen molar-refractivity contribution in [1.29, 1.82) is 0 Å². The summed E-state index contributed by atoms with van der Waals surface area (Å²) in [7, 11) is 0. The lowest BCUT2D eigenvalue weighted by Crippen LogP contribution is -1.98. The molecule has 0 amide bonds. The minimum absolute atomic E-state index is 0.569. The molecule has 6 nitrogen and oxygen atoms in total. The Bertz CT molecular complexity index is 634. The van der Waals surface area contributed by atoms with E-state index in [0.29, 0.717) is 17.0 Å². The van der Waals surface area contributed by atoms with E-state index < -0.39 is 0 Å². The van der Waals surface area contributed by atoms with Crippen molar-refractivity contribution in [2.45, 2.75) is 0 Å². The summed E-state index contributed by atoms with van der Waals surface area (Å²) in [6, 6.07) is 3.70. The van der Waals surface area contributed by atoms with E-state index in [1.807, 2.05) is 12.1 Å². The highest BCUT2D eigenvalue weighted by Gasteiger charge is 2.04. The molecular formula is C11H8N6. The lowest BCUT2D eigenvalue weighted by atomic mass is 10.4. The average Bonchev–Trinajstić information content (AvgIpc) is 2.40. The summed E-state index contributed by atoms with van der Waals surface area (Å²) in [6.07, 6.45) is 8.09. The Kier molecular flexibility index (Phi) is 2.31. The third-order valence-corrected chi connectivity index (χ3v) is 2.21. The number of hydrogen-bond acceptors (Lipinski definition) is 6. The highest BCUT2D eigenvalue weighted by Crippen LogP contribution is 2.18. The van der Waals surface area contributed by atoms with E-state index >= 15 is 0 Å². The fourth-order valence-corrected chi connectivity index (χ4v) is 1.46. The second-order valence-electron chi connectivity index (χ2n) is 3.31. The van der Waals surface area contributed by atoms with Crippen LogP contribution >= 0.6 is 0 Å². The van der Waals surface area contributed by atoms with Crippen LogP contribution in [0.25, 0.3) is 11.2 Å². The monoisotopic (exact) mass is 224 g/mol. The molecule has 0 saturated heterocycles. The summed E-state index contributed by atoms with van der Waals surface area (Å²) in [4.78, 5) is 20.5. The van der Waals surface area contributed by atoms with Crippen LogP contribution in [-0.4, -0.2) is 24.9 Å². The van der Waals surface area contributed by atoms with Gasteiger partial charge in [0.05, 0.1) is 0 Å². The normalized spacial score (nSPS) is 10.4. The molecule has 0 aliphatic heterocycles. The Balaban J connectivity index is 2.06. The quantitative estimate of drug-likeness (QED) is 0.711. The summed E-state index contributed by atoms with van der Waals surface area (Å²) in [5.41, 5.74) is 2.11. The van der Waals surface area contributed by atoms with Crippen molar-refractivity contribution in [3.05, 3.63) is 43.2 Å². The van der Waals surface area contributed by atoms with Crippen LogP contribution in [0, 0.1) is 0 Å². The number of hydrogen-bond donors (Lipinski definition) is 1. The van der Waals surface area contributed by atoms with Gasteiger partial charge < -0.3 is 5.32 Å². The van der Waals surface area contributed by atoms with Crippen LogP contribution in [0.1, 0.15) is 0 Å². The predicted octanol–water partition coefficient (Wildman–Crippen LogP) is 1.56. The van der Waals surface area contributed by atoms with Gasteiger partial charge in [-0.25, -0.2) is 19.9 Å². The molecule has 6 heteroatoms. The summed E-state index contributed by atoms with van der Waals surface area (Å²) in [5, 5.41) is 3.15. The molecule has 3 aromatic rings. The van der Waals surface area contributed by atoms with Gasteiger partial charge in [0.15, 0.2) is 17.0 Å². The molecule has 17 heavy (non-hydrogen) atoms. The Morgan fingerprint density at radius 3 is 2.53 bits per heavy atom. The minimum Gasteiger partial charge on any atom is -0.338 e. The van der Waals surface area contributed by atoms with Crippen LogP contribution in [0.2, 0.25) is 0 Å². The van der Waals surface area contributed by atoms with Crippen LogP contribution in [0.5, 0.6) is 0 Å². The van der Waals surface area contributed by atoms with Crippen LogP contribution in [0.4, 0.5) is 11.5 Å². The molecule has 0 atom stereocenters. The molecule has 3 heterocycles. The maximum atomic E-state index is 4.21. The number of nitrogens with one attached hydrogen (secondary N) is 1. The van der Waals surface area contributed by atoms with Gasteiger partial charge in [-0.2, -0.15) is 0 Å². The Morgan fingerprint density at radius 2 is 1.65 bits per heavy atom. The first-order valence-corrected chi connectivity index (χ1v) is 5.02. The number of rotatable bonds is 2. The van der Waals surface area contributed by atoms with Gasteiger partial charge in [-0.05, 0) is 12.1 Å². The summed E-state index contributed by atoms with van der Waals surface area (Å²) < 4.78 is 0. The van der Waals surface area contributed by atoms with Crippen molar-refractivity contribution in [2.75, 3.05) is 5.32 Å². The lowest BCUT2D eigenvalue weighted by Gasteiger charge is -2.05. The van der Waals surface area contributed by atoms with Crippen molar-refractivity contribution in [2.24, 2.45) is 0 Å². The van der Waals surface area contributed by atoms with Crippen molar-refractivity contribution in [3.63, 3.8) is 0 Å². The lowest BCUT2D eigenvalue weighted by molar-refractivity contribution is 1.15. The van der Waals surface area contributed by atoms with E-state index in [9.17, 15) is 0 Å².